The topological polar surface area (TPSA) is 79.6 Å². The van der Waals surface area contributed by atoms with E-state index < -0.39 is 5.91 Å². The first kappa shape index (κ1) is 18.1. The Balaban J connectivity index is 1.61. The third kappa shape index (κ3) is 3.91. The van der Waals surface area contributed by atoms with Crippen LogP contribution in [0.1, 0.15) is 35.9 Å². The molecule has 1 amide bonds. The van der Waals surface area contributed by atoms with Gasteiger partial charge in [0.15, 0.2) is 0 Å². The number of rotatable bonds is 8. The van der Waals surface area contributed by atoms with Gasteiger partial charge in [0.2, 0.25) is 0 Å². The van der Waals surface area contributed by atoms with Gasteiger partial charge in [-0.25, -0.2) is 0 Å². The SMILES string of the molecule is CCN(CC)CCOc1ccc(C2Nc3cccc(C(N)=O)c3N2)cc1. The van der Waals surface area contributed by atoms with Crippen LogP contribution in [0.5, 0.6) is 5.75 Å². The standard InChI is InChI=1S/C20H26N4O2/c1-3-24(4-2)12-13-26-15-10-8-14(9-11-15)20-22-17-7-5-6-16(19(21)25)18(17)23-20/h5-11,20,22-23H,3-4,12-13H2,1-2H3,(H2,21,25). The molecule has 1 aliphatic rings. The van der Waals surface area contributed by atoms with Crippen LogP contribution in [0.15, 0.2) is 42.5 Å². The van der Waals surface area contributed by atoms with E-state index in [1.165, 1.54) is 0 Å². The maximum Gasteiger partial charge on any atom is 0.250 e. The van der Waals surface area contributed by atoms with Crippen molar-refractivity contribution < 1.29 is 9.53 Å². The minimum atomic E-state index is -0.436. The van der Waals surface area contributed by atoms with Crippen molar-refractivity contribution >= 4 is 17.3 Å². The molecule has 0 spiro atoms. The number of nitrogens with zero attached hydrogens (tertiary/aromatic N) is 1. The summed E-state index contributed by atoms with van der Waals surface area (Å²) in [6.07, 6.45) is -0.102. The van der Waals surface area contributed by atoms with Crippen molar-refractivity contribution in [3.05, 3.63) is 53.6 Å². The van der Waals surface area contributed by atoms with E-state index in [-0.39, 0.29) is 6.17 Å². The Kier molecular flexibility index (Phi) is 5.63. The second kappa shape index (κ2) is 8.10. The van der Waals surface area contributed by atoms with Gasteiger partial charge in [-0.05, 0) is 42.9 Å². The van der Waals surface area contributed by atoms with Gasteiger partial charge in [0.05, 0.1) is 16.9 Å². The van der Waals surface area contributed by atoms with Crippen LogP contribution in [0.25, 0.3) is 0 Å². The molecular formula is C20H26N4O2. The number of nitrogens with one attached hydrogen (secondary N) is 2. The normalized spacial score (nSPS) is 15.3. The lowest BCUT2D eigenvalue weighted by Gasteiger charge is -2.18. The van der Waals surface area contributed by atoms with Crippen LogP contribution in [-0.4, -0.2) is 37.0 Å². The van der Waals surface area contributed by atoms with E-state index in [4.69, 9.17) is 10.5 Å². The first-order valence-electron chi connectivity index (χ1n) is 9.03. The number of fused-ring (bicyclic) bond motifs is 1. The molecular weight excluding hydrogens is 328 g/mol. The summed E-state index contributed by atoms with van der Waals surface area (Å²) >= 11 is 0. The number of carbonyl (C=O) groups excluding carboxylic acids is 1. The number of hydrogen-bond donors (Lipinski definition) is 3. The van der Waals surface area contributed by atoms with Crippen LogP contribution in [0.2, 0.25) is 0 Å². The van der Waals surface area contributed by atoms with Crippen molar-refractivity contribution in [2.75, 3.05) is 36.9 Å². The largest absolute Gasteiger partial charge is 0.492 e. The summed E-state index contributed by atoms with van der Waals surface area (Å²) in [5.41, 5.74) is 8.64. The molecule has 6 nitrogen and oxygen atoms in total. The van der Waals surface area contributed by atoms with Crippen molar-refractivity contribution in [1.29, 1.82) is 0 Å². The van der Waals surface area contributed by atoms with Crippen LogP contribution in [0.4, 0.5) is 11.4 Å². The maximum atomic E-state index is 11.6. The number of benzene rings is 2. The minimum Gasteiger partial charge on any atom is -0.492 e. The number of likely N-dealkylation sites (N-methyl/N-ethyl adjacent to an activating group) is 1. The van der Waals surface area contributed by atoms with E-state index in [1.54, 1.807) is 6.07 Å². The predicted molar refractivity (Wildman–Crippen MR) is 105 cm³/mol. The van der Waals surface area contributed by atoms with Gasteiger partial charge in [-0.3, -0.25) is 4.79 Å². The average Bonchev–Trinajstić information content (AvgIpc) is 3.09. The molecule has 1 aliphatic heterocycles. The van der Waals surface area contributed by atoms with Gasteiger partial charge in [-0.15, -0.1) is 0 Å². The molecule has 0 aliphatic carbocycles. The van der Waals surface area contributed by atoms with Crippen molar-refractivity contribution in [1.82, 2.24) is 4.90 Å². The van der Waals surface area contributed by atoms with E-state index in [0.717, 1.165) is 42.3 Å². The molecule has 2 aromatic rings. The van der Waals surface area contributed by atoms with Gasteiger partial charge in [0.1, 0.15) is 18.5 Å². The molecule has 0 saturated heterocycles. The van der Waals surface area contributed by atoms with Crippen molar-refractivity contribution in [2.45, 2.75) is 20.0 Å². The summed E-state index contributed by atoms with van der Waals surface area (Å²) in [5, 5.41) is 6.71. The number of nitrogens with two attached hydrogens (primary N) is 1. The number of hydrogen-bond acceptors (Lipinski definition) is 5. The van der Waals surface area contributed by atoms with E-state index in [0.29, 0.717) is 12.2 Å². The molecule has 0 fully saturated rings. The zero-order chi connectivity index (χ0) is 18.5. The molecule has 1 unspecified atom stereocenters. The Morgan fingerprint density at radius 1 is 1.12 bits per heavy atom. The van der Waals surface area contributed by atoms with Gasteiger partial charge in [-0.2, -0.15) is 0 Å². The van der Waals surface area contributed by atoms with Crippen LogP contribution < -0.4 is 21.1 Å². The number of carbonyl (C=O) groups is 1. The Morgan fingerprint density at radius 2 is 1.85 bits per heavy atom. The summed E-state index contributed by atoms with van der Waals surface area (Å²) in [5.74, 6) is 0.419. The summed E-state index contributed by atoms with van der Waals surface area (Å²) in [6, 6.07) is 13.5. The highest BCUT2D eigenvalue weighted by Gasteiger charge is 2.24. The predicted octanol–water partition coefficient (Wildman–Crippen LogP) is 3.04. The van der Waals surface area contributed by atoms with Crippen molar-refractivity contribution in [3.63, 3.8) is 0 Å². The molecule has 0 bridgehead atoms. The molecule has 6 heteroatoms. The summed E-state index contributed by atoms with van der Waals surface area (Å²) in [6.45, 7) is 7.97. The second-order valence-corrected chi connectivity index (χ2v) is 6.26. The average molecular weight is 354 g/mol. The molecule has 1 atom stereocenters. The molecule has 26 heavy (non-hydrogen) atoms. The fourth-order valence-electron chi connectivity index (χ4n) is 3.12. The van der Waals surface area contributed by atoms with Gasteiger partial charge < -0.3 is 26.0 Å². The van der Waals surface area contributed by atoms with E-state index >= 15 is 0 Å². The van der Waals surface area contributed by atoms with E-state index in [9.17, 15) is 4.79 Å². The third-order valence-corrected chi connectivity index (χ3v) is 4.70. The fourth-order valence-corrected chi connectivity index (χ4v) is 3.12. The van der Waals surface area contributed by atoms with E-state index in [1.807, 2.05) is 36.4 Å². The van der Waals surface area contributed by atoms with Crippen LogP contribution in [0.3, 0.4) is 0 Å². The molecule has 0 aromatic heterocycles. The van der Waals surface area contributed by atoms with Gasteiger partial charge >= 0.3 is 0 Å². The quantitative estimate of drug-likeness (QED) is 0.679. The lowest BCUT2D eigenvalue weighted by atomic mass is 10.1. The molecule has 138 valence electrons. The summed E-state index contributed by atoms with van der Waals surface area (Å²) < 4.78 is 5.83. The first-order valence-corrected chi connectivity index (χ1v) is 9.03. The smallest absolute Gasteiger partial charge is 0.250 e. The highest BCUT2D eigenvalue weighted by atomic mass is 16.5. The van der Waals surface area contributed by atoms with Gasteiger partial charge in [0.25, 0.3) is 5.91 Å². The summed E-state index contributed by atoms with van der Waals surface area (Å²) in [4.78, 5) is 13.9. The van der Waals surface area contributed by atoms with Gasteiger partial charge in [0, 0.05) is 6.54 Å². The highest BCUT2D eigenvalue weighted by molar-refractivity contribution is 6.02. The number of anilines is 2. The van der Waals surface area contributed by atoms with Crippen molar-refractivity contribution in [3.8, 4) is 5.75 Å². The number of para-hydroxylation sites is 1. The Bertz CT molecular complexity index is 757. The van der Waals surface area contributed by atoms with Crippen LogP contribution >= 0.6 is 0 Å². The number of primary amides is 1. The monoisotopic (exact) mass is 354 g/mol. The summed E-state index contributed by atoms with van der Waals surface area (Å²) in [7, 11) is 0. The molecule has 1 heterocycles. The molecule has 4 N–H and O–H groups in total. The Morgan fingerprint density at radius 3 is 2.50 bits per heavy atom. The molecule has 3 rings (SSSR count). The molecule has 2 aromatic carbocycles. The third-order valence-electron chi connectivity index (χ3n) is 4.70. The Hall–Kier alpha value is -2.73. The fraction of sp³-hybridized carbons (Fsp3) is 0.350. The maximum absolute atomic E-state index is 11.6. The van der Waals surface area contributed by atoms with Crippen LogP contribution in [-0.2, 0) is 0 Å². The zero-order valence-electron chi connectivity index (χ0n) is 15.3. The first-order chi connectivity index (χ1) is 12.6. The second-order valence-electron chi connectivity index (χ2n) is 6.26. The highest BCUT2D eigenvalue weighted by Crippen LogP contribution is 2.37. The molecule has 0 radical (unpaired) electrons. The van der Waals surface area contributed by atoms with E-state index in [2.05, 4.69) is 29.4 Å². The molecule has 0 saturated carbocycles. The van der Waals surface area contributed by atoms with Crippen molar-refractivity contribution in [2.24, 2.45) is 5.73 Å². The lowest BCUT2D eigenvalue weighted by molar-refractivity contribution is 0.100. The zero-order valence-corrected chi connectivity index (χ0v) is 15.3. The number of ether oxygens (including phenoxy) is 1. The number of amides is 1. The minimum absolute atomic E-state index is 0.102. The Labute approximate surface area is 154 Å². The van der Waals surface area contributed by atoms with Crippen LogP contribution in [0, 0.1) is 0 Å². The lowest BCUT2D eigenvalue weighted by Crippen LogP contribution is -2.27. The van der Waals surface area contributed by atoms with Gasteiger partial charge in [-0.1, -0.05) is 32.0 Å².